The van der Waals surface area contributed by atoms with Gasteiger partial charge in [0.15, 0.2) is 9.84 Å². The lowest BCUT2D eigenvalue weighted by molar-refractivity contribution is 0.0206. The second-order valence-corrected chi connectivity index (χ2v) is 6.74. The van der Waals surface area contributed by atoms with Gasteiger partial charge in [-0.25, -0.2) is 13.4 Å². The van der Waals surface area contributed by atoms with E-state index in [0.717, 1.165) is 19.4 Å². The number of nitrogens with one attached hydrogen (secondary N) is 1. The summed E-state index contributed by atoms with van der Waals surface area (Å²) in [6, 6.07) is 3.15. The van der Waals surface area contributed by atoms with E-state index in [1.807, 2.05) is 0 Å². The molecule has 0 radical (unpaired) electrons. The van der Waals surface area contributed by atoms with Crippen molar-refractivity contribution in [3.8, 4) is 0 Å². The summed E-state index contributed by atoms with van der Waals surface area (Å²) in [4.78, 5) is 4.26. The molecule has 20 heavy (non-hydrogen) atoms. The lowest BCUT2D eigenvalue weighted by atomic mass is 10.2. The summed E-state index contributed by atoms with van der Waals surface area (Å²) < 4.78 is 34.1. The van der Waals surface area contributed by atoms with Crippen LogP contribution in [-0.4, -0.2) is 52.1 Å². The highest BCUT2D eigenvalue weighted by atomic mass is 32.2. The Kier molecular flexibility index (Phi) is 5.33. The Balaban J connectivity index is 1.76. The van der Waals surface area contributed by atoms with Crippen LogP contribution in [0.2, 0.25) is 0 Å². The van der Waals surface area contributed by atoms with Crippen LogP contribution < -0.4 is 5.32 Å². The molecule has 0 aliphatic carbocycles. The second kappa shape index (κ2) is 7.01. The highest BCUT2D eigenvalue weighted by molar-refractivity contribution is 7.90. The lowest BCUT2D eigenvalue weighted by Gasteiger charge is -2.12. The Labute approximate surface area is 119 Å². The van der Waals surface area contributed by atoms with Crippen LogP contribution >= 0.6 is 0 Å². The molecule has 1 unspecified atom stereocenters. The standard InChI is InChI=1S/C13H20N2O4S/c1-20(16,17)12-5-2-6-14-13(12)15-7-9-18-10-11-4-3-8-19-11/h2,5-6,11H,3-4,7-10H2,1H3,(H,14,15). The van der Waals surface area contributed by atoms with Crippen LogP contribution in [0.3, 0.4) is 0 Å². The van der Waals surface area contributed by atoms with Gasteiger partial charge in [-0.05, 0) is 25.0 Å². The smallest absolute Gasteiger partial charge is 0.179 e. The van der Waals surface area contributed by atoms with E-state index in [0.29, 0.717) is 25.6 Å². The molecule has 0 bridgehead atoms. The highest BCUT2D eigenvalue weighted by Gasteiger charge is 2.15. The van der Waals surface area contributed by atoms with Crippen molar-refractivity contribution in [2.45, 2.75) is 23.8 Å². The van der Waals surface area contributed by atoms with Gasteiger partial charge >= 0.3 is 0 Å². The maximum atomic E-state index is 11.6. The van der Waals surface area contributed by atoms with E-state index >= 15 is 0 Å². The molecule has 2 rings (SSSR count). The van der Waals surface area contributed by atoms with E-state index in [1.54, 1.807) is 12.3 Å². The van der Waals surface area contributed by atoms with Crippen molar-refractivity contribution < 1.29 is 17.9 Å². The molecule has 1 aromatic rings. The molecule has 1 aliphatic rings. The molecule has 112 valence electrons. The van der Waals surface area contributed by atoms with Gasteiger partial charge in [0.25, 0.3) is 0 Å². The largest absolute Gasteiger partial charge is 0.377 e. The summed E-state index contributed by atoms with van der Waals surface area (Å²) in [5.41, 5.74) is 0. The summed E-state index contributed by atoms with van der Waals surface area (Å²) in [6.07, 6.45) is 5.08. The van der Waals surface area contributed by atoms with E-state index in [9.17, 15) is 8.42 Å². The van der Waals surface area contributed by atoms with Crippen molar-refractivity contribution >= 4 is 15.7 Å². The summed E-state index contributed by atoms with van der Waals surface area (Å²) in [5, 5.41) is 2.99. The van der Waals surface area contributed by atoms with E-state index in [1.165, 1.54) is 12.3 Å². The average Bonchev–Trinajstić information content (AvgIpc) is 2.91. The summed E-state index contributed by atoms with van der Waals surface area (Å²) in [6.45, 7) is 2.40. The predicted molar refractivity (Wildman–Crippen MR) is 75.6 cm³/mol. The lowest BCUT2D eigenvalue weighted by Crippen LogP contribution is -2.18. The number of aromatic nitrogens is 1. The van der Waals surface area contributed by atoms with E-state index in [-0.39, 0.29) is 11.0 Å². The number of anilines is 1. The zero-order valence-electron chi connectivity index (χ0n) is 11.5. The molecule has 1 atom stereocenters. The fraction of sp³-hybridized carbons (Fsp3) is 0.615. The zero-order valence-corrected chi connectivity index (χ0v) is 12.4. The summed E-state index contributed by atoms with van der Waals surface area (Å²) in [7, 11) is -3.28. The number of pyridine rings is 1. The average molecular weight is 300 g/mol. The Morgan fingerprint density at radius 2 is 2.40 bits per heavy atom. The van der Waals surface area contributed by atoms with Gasteiger partial charge in [0.1, 0.15) is 10.7 Å². The van der Waals surface area contributed by atoms with E-state index < -0.39 is 9.84 Å². The van der Waals surface area contributed by atoms with Gasteiger partial charge in [0, 0.05) is 25.6 Å². The van der Waals surface area contributed by atoms with Gasteiger partial charge in [0.05, 0.1) is 19.3 Å². The van der Waals surface area contributed by atoms with Gasteiger partial charge in [-0.1, -0.05) is 0 Å². The molecule has 1 aliphatic heterocycles. The third-order valence-electron chi connectivity index (χ3n) is 3.04. The molecule has 1 N–H and O–H groups in total. The van der Waals surface area contributed by atoms with Gasteiger partial charge in [-0.2, -0.15) is 0 Å². The minimum atomic E-state index is -3.28. The Bertz CT molecular complexity index is 527. The number of hydrogen-bond acceptors (Lipinski definition) is 6. The molecule has 1 fully saturated rings. The highest BCUT2D eigenvalue weighted by Crippen LogP contribution is 2.17. The molecule has 7 heteroatoms. The number of nitrogens with zero attached hydrogens (tertiary/aromatic N) is 1. The van der Waals surface area contributed by atoms with Crippen molar-refractivity contribution in [2.24, 2.45) is 0 Å². The molecule has 0 amide bonds. The summed E-state index contributed by atoms with van der Waals surface area (Å²) in [5.74, 6) is 0.371. The third kappa shape index (κ3) is 4.43. The Morgan fingerprint density at radius 3 is 3.10 bits per heavy atom. The molecule has 1 aromatic heterocycles. The van der Waals surface area contributed by atoms with Crippen molar-refractivity contribution in [1.82, 2.24) is 4.98 Å². The van der Waals surface area contributed by atoms with Crippen LogP contribution in [0.15, 0.2) is 23.2 Å². The fourth-order valence-electron chi connectivity index (χ4n) is 2.05. The molecule has 0 aromatic carbocycles. The minimum Gasteiger partial charge on any atom is -0.377 e. The first-order valence-electron chi connectivity index (χ1n) is 6.65. The molecular weight excluding hydrogens is 280 g/mol. The summed E-state index contributed by atoms with van der Waals surface area (Å²) >= 11 is 0. The van der Waals surface area contributed by atoms with Crippen LogP contribution in [0, 0.1) is 0 Å². The Hall–Kier alpha value is -1.18. The molecule has 1 saturated heterocycles. The van der Waals surface area contributed by atoms with Crippen molar-refractivity contribution in [1.29, 1.82) is 0 Å². The van der Waals surface area contributed by atoms with Gasteiger partial charge in [0.2, 0.25) is 0 Å². The van der Waals surface area contributed by atoms with Gasteiger partial charge in [-0.3, -0.25) is 0 Å². The maximum absolute atomic E-state index is 11.6. The number of ether oxygens (including phenoxy) is 2. The second-order valence-electron chi connectivity index (χ2n) is 4.76. The fourth-order valence-corrected chi connectivity index (χ4v) is 2.86. The predicted octanol–water partition coefficient (Wildman–Crippen LogP) is 1.09. The first-order chi connectivity index (χ1) is 9.57. The molecule has 0 saturated carbocycles. The van der Waals surface area contributed by atoms with Crippen LogP contribution in [0.25, 0.3) is 0 Å². The van der Waals surface area contributed by atoms with Crippen LogP contribution in [0.5, 0.6) is 0 Å². The zero-order chi connectivity index (χ0) is 14.4. The van der Waals surface area contributed by atoms with Crippen LogP contribution in [0.1, 0.15) is 12.8 Å². The molecule has 6 nitrogen and oxygen atoms in total. The topological polar surface area (TPSA) is 77.5 Å². The minimum absolute atomic E-state index is 0.205. The van der Waals surface area contributed by atoms with Crippen molar-refractivity contribution in [3.63, 3.8) is 0 Å². The Morgan fingerprint density at radius 1 is 1.55 bits per heavy atom. The number of rotatable bonds is 7. The van der Waals surface area contributed by atoms with Crippen molar-refractivity contribution in [3.05, 3.63) is 18.3 Å². The van der Waals surface area contributed by atoms with E-state index in [2.05, 4.69) is 10.3 Å². The van der Waals surface area contributed by atoms with Gasteiger partial charge in [-0.15, -0.1) is 0 Å². The first kappa shape index (κ1) is 15.2. The molecule has 2 heterocycles. The van der Waals surface area contributed by atoms with Crippen molar-refractivity contribution in [2.75, 3.05) is 37.9 Å². The first-order valence-corrected chi connectivity index (χ1v) is 8.55. The monoisotopic (exact) mass is 300 g/mol. The normalized spacial score (nSPS) is 19.1. The molecular formula is C13H20N2O4S. The van der Waals surface area contributed by atoms with E-state index in [4.69, 9.17) is 9.47 Å². The third-order valence-corrected chi connectivity index (χ3v) is 4.17. The number of sulfone groups is 1. The SMILES string of the molecule is CS(=O)(=O)c1cccnc1NCCOCC1CCCO1. The van der Waals surface area contributed by atoms with Crippen LogP contribution in [0.4, 0.5) is 5.82 Å². The quantitative estimate of drug-likeness (QED) is 0.760. The van der Waals surface area contributed by atoms with Gasteiger partial charge < -0.3 is 14.8 Å². The molecule has 0 spiro atoms. The number of hydrogen-bond donors (Lipinski definition) is 1. The maximum Gasteiger partial charge on any atom is 0.179 e. The van der Waals surface area contributed by atoms with Crippen LogP contribution in [-0.2, 0) is 19.3 Å².